The van der Waals surface area contributed by atoms with Crippen molar-refractivity contribution in [2.75, 3.05) is 0 Å². The highest BCUT2D eigenvalue weighted by Gasteiger charge is 2.08. The van der Waals surface area contributed by atoms with Crippen molar-refractivity contribution in [2.45, 2.75) is 0 Å². The van der Waals surface area contributed by atoms with Gasteiger partial charge in [0.1, 0.15) is 6.33 Å². The van der Waals surface area contributed by atoms with E-state index >= 15 is 0 Å². The standard InChI is InChI=1S/C16H11N3/c17-11-10-15(13-6-2-1-3-7-13)19-12-18-14-8-4-5-9-16(14)19/h1-10,12H/b15-10-. The van der Waals surface area contributed by atoms with E-state index in [1.165, 1.54) is 0 Å². The fourth-order valence-electron chi connectivity index (χ4n) is 2.11. The van der Waals surface area contributed by atoms with Crippen molar-refractivity contribution in [3.63, 3.8) is 0 Å². The van der Waals surface area contributed by atoms with Crippen molar-refractivity contribution >= 4 is 16.7 Å². The monoisotopic (exact) mass is 245 g/mol. The van der Waals surface area contributed by atoms with Crippen LogP contribution in [0.2, 0.25) is 0 Å². The van der Waals surface area contributed by atoms with Crippen LogP contribution >= 0.6 is 0 Å². The van der Waals surface area contributed by atoms with Crippen molar-refractivity contribution in [1.29, 1.82) is 5.26 Å². The molecule has 3 aromatic rings. The zero-order valence-corrected chi connectivity index (χ0v) is 10.2. The first-order valence-corrected chi connectivity index (χ1v) is 5.98. The predicted octanol–water partition coefficient (Wildman–Crippen LogP) is 3.45. The summed E-state index contributed by atoms with van der Waals surface area (Å²) in [4.78, 5) is 4.36. The van der Waals surface area contributed by atoms with Crippen LogP contribution in [0.4, 0.5) is 0 Å². The molecule has 0 N–H and O–H groups in total. The molecule has 0 spiro atoms. The summed E-state index contributed by atoms with van der Waals surface area (Å²) in [5.41, 5.74) is 3.74. The predicted molar refractivity (Wildman–Crippen MR) is 75.2 cm³/mol. The minimum atomic E-state index is 0.830. The summed E-state index contributed by atoms with van der Waals surface area (Å²) in [6.07, 6.45) is 3.30. The molecule has 0 radical (unpaired) electrons. The molecular weight excluding hydrogens is 234 g/mol. The zero-order valence-electron chi connectivity index (χ0n) is 10.2. The van der Waals surface area contributed by atoms with Gasteiger partial charge in [0.05, 0.1) is 22.8 Å². The first kappa shape index (κ1) is 11.2. The molecule has 0 atom stereocenters. The Morgan fingerprint density at radius 2 is 1.79 bits per heavy atom. The fourth-order valence-corrected chi connectivity index (χ4v) is 2.11. The van der Waals surface area contributed by atoms with E-state index in [1.54, 1.807) is 12.4 Å². The lowest BCUT2D eigenvalue weighted by Crippen LogP contribution is -1.97. The lowest BCUT2D eigenvalue weighted by molar-refractivity contribution is 1.12. The Hall–Kier alpha value is -2.86. The molecule has 0 saturated heterocycles. The minimum absolute atomic E-state index is 0.830. The largest absolute Gasteiger partial charge is 0.298 e. The Kier molecular flexibility index (Phi) is 2.83. The first-order chi connectivity index (χ1) is 9.40. The molecule has 0 fully saturated rings. The van der Waals surface area contributed by atoms with Crippen LogP contribution in [-0.2, 0) is 0 Å². The van der Waals surface area contributed by atoms with Crippen molar-refractivity contribution in [1.82, 2.24) is 9.55 Å². The number of imidazole rings is 1. The lowest BCUT2D eigenvalue weighted by atomic mass is 10.1. The summed E-state index contributed by atoms with van der Waals surface area (Å²) in [6.45, 7) is 0. The average Bonchev–Trinajstić information content (AvgIpc) is 2.89. The third-order valence-corrected chi connectivity index (χ3v) is 2.98. The number of aromatic nitrogens is 2. The molecule has 90 valence electrons. The van der Waals surface area contributed by atoms with Crippen molar-refractivity contribution in [2.24, 2.45) is 0 Å². The van der Waals surface area contributed by atoms with Crippen molar-refractivity contribution in [3.8, 4) is 6.07 Å². The maximum Gasteiger partial charge on any atom is 0.100 e. The molecule has 1 heterocycles. The molecule has 0 amide bonds. The van der Waals surface area contributed by atoms with E-state index in [1.807, 2.05) is 59.2 Å². The average molecular weight is 245 g/mol. The normalized spacial score (nSPS) is 11.4. The van der Waals surface area contributed by atoms with E-state index in [0.717, 1.165) is 22.3 Å². The number of hydrogen-bond acceptors (Lipinski definition) is 2. The van der Waals surface area contributed by atoms with Gasteiger partial charge in [-0.05, 0) is 17.7 Å². The van der Waals surface area contributed by atoms with Gasteiger partial charge < -0.3 is 0 Å². The van der Waals surface area contributed by atoms with Gasteiger partial charge in [-0.15, -0.1) is 0 Å². The summed E-state index contributed by atoms with van der Waals surface area (Å²) in [5, 5.41) is 9.01. The summed E-state index contributed by atoms with van der Waals surface area (Å²) in [6, 6.07) is 19.8. The molecule has 0 saturated carbocycles. The van der Waals surface area contributed by atoms with E-state index in [2.05, 4.69) is 11.1 Å². The highest BCUT2D eigenvalue weighted by molar-refractivity contribution is 5.82. The van der Waals surface area contributed by atoms with Crippen LogP contribution in [0.15, 0.2) is 67.0 Å². The Morgan fingerprint density at radius 3 is 2.58 bits per heavy atom. The molecular formula is C16H11N3. The Balaban J connectivity index is 2.23. The first-order valence-electron chi connectivity index (χ1n) is 5.98. The number of benzene rings is 2. The van der Waals surface area contributed by atoms with Gasteiger partial charge in [0.25, 0.3) is 0 Å². The van der Waals surface area contributed by atoms with Crippen LogP contribution in [0.5, 0.6) is 0 Å². The number of rotatable bonds is 2. The molecule has 3 heteroatoms. The molecule has 0 aliphatic heterocycles. The molecule has 0 bridgehead atoms. The Labute approximate surface area is 111 Å². The second-order valence-corrected chi connectivity index (χ2v) is 4.13. The van der Waals surface area contributed by atoms with Crippen LogP contribution < -0.4 is 0 Å². The van der Waals surface area contributed by atoms with Crippen molar-refractivity contribution < 1.29 is 0 Å². The van der Waals surface area contributed by atoms with E-state index in [0.29, 0.717) is 0 Å². The summed E-state index contributed by atoms with van der Waals surface area (Å²) in [5.74, 6) is 0. The maximum absolute atomic E-state index is 9.01. The molecule has 2 aromatic carbocycles. The smallest absolute Gasteiger partial charge is 0.100 e. The van der Waals surface area contributed by atoms with Gasteiger partial charge in [0.2, 0.25) is 0 Å². The second kappa shape index (κ2) is 4.79. The SMILES string of the molecule is N#C/C=C(/c1ccccc1)n1cnc2ccccc21. The highest BCUT2D eigenvalue weighted by Crippen LogP contribution is 2.22. The quantitative estimate of drug-likeness (QED) is 0.649. The number of hydrogen-bond donors (Lipinski definition) is 0. The van der Waals surface area contributed by atoms with Gasteiger partial charge in [0, 0.05) is 6.08 Å². The fraction of sp³-hybridized carbons (Fsp3) is 0. The third-order valence-electron chi connectivity index (χ3n) is 2.98. The van der Waals surface area contributed by atoms with E-state index in [4.69, 9.17) is 5.26 Å². The number of fused-ring (bicyclic) bond motifs is 1. The van der Waals surface area contributed by atoms with Gasteiger partial charge in [-0.1, -0.05) is 42.5 Å². The molecule has 1 aromatic heterocycles. The third kappa shape index (κ3) is 2.00. The van der Waals surface area contributed by atoms with E-state index in [-0.39, 0.29) is 0 Å². The van der Waals surface area contributed by atoms with Crippen LogP contribution in [0.25, 0.3) is 16.7 Å². The molecule has 3 rings (SSSR count). The molecule has 0 unspecified atom stereocenters. The Morgan fingerprint density at radius 1 is 1.05 bits per heavy atom. The molecule has 19 heavy (non-hydrogen) atoms. The summed E-state index contributed by atoms with van der Waals surface area (Å²) in [7, 11) is 0. The number of nitriles is 1. The van der Waals surface area contributed by atoms with Gasteiger partial charge in [-0.2, -0.15) is 5.26 Å². The minimum Gasteiger partial charge on any atom is -0.298 e. The molecule has 0 aliphatic rings. The zero-order chi connectivity index (χ0) is 13.1. The van der Waals surface area contributed by atoms with Crippen LogP contribution in [0.3, 0.4) is 0 Å². The summed E-state index contributed by atoms with van der Waals surface area (Å²) >= 11 is 0. The van der Waals surface area contributed by atoms with Crippen LogP contribution in [0, 0.1) is 11.3 Å². The van der Waals surface area contributed by atoms with E-state index in [9.17, 15) is 0 Å². The number of nitrogens with zero attached hydrogens (tertiary/aromatic N) is 3. The maximum atomic E-state index is 9.01. The van der Waals surface area contributed by atoms with Crippen LogP contribution in [-0.4, -0.2) is 9.55 Å². The Bertz CT molecular complexity index is 776. The molecule has 0 aliphatic carbocycles. The number of para-hydroxylation sites is 2. The topological polar surface area (TPSA) is 41.6 Å². The van der Waals surface area contributed by atoms with E-state index < -0.39 is 0 Å². The van der Waals surface area contributed by atoms with Gasteiger partial charge in [-0.25, -0.2) is 4.98 Å². The molecule has 3 nitrogen and oxygen atoms in total. The van der Waals surface area contributed by atoms with Gasteiger partial charge >= 0.3 is 0 Å². The van der Waals surface area contributed by atoms with Crippen molar-refractivity contribution in [3.05, 3.63) is 72.6 Å². The van der Waals surface area contributed by atoms with Gasteiger partial charge in [-0.3, -0.25) is 4.57 Å². The summed E-state index contributed by atoms with van der Waals surface area (Å²) < 4.78 is 1.94. The number of allylic oxidation sites excluding steroid dienone is 1. The second-order valence-electron chi connectivity index (χ2n) is 4.13. The highest BCUT2D eigenvalue weighted by atomic mass is 15.1. The van der Waals surface area contributed by atoms with Crippen LogP contribution in [0.1, 0.15) is 5.56 Å². The lowest BCUT2D eigenvalue weighted by Gasteiger charge is -2.08. The van der Waals surface area contributed by atoms with Gasteiger partial charge in [0.15, 0.2) is 0 Å².